The van der Waals surface area contributed by atoms with Gasteiger partial charge in [-0.05, 0) is 33.8 Å². The Bertz CT molecular complexity index is 1020. The lowest BCUT2D eigenvalue weighted by Gasteiger charge is -2.45. The number of hydrogen-bond acceptors (Lipinski definition) is 2. The summed E-state index contributed by atoms with van der Waals surface area (Å²) in [7, 11) is -2.58. The lowest BCUT2D eigenvalue weighted by atomic mass is 10.0. The lowest BCUT2D eigenvalue weighted by Crippen LogP contribution is -2.67. The van der Waals surface area contributed by atoms with Crippen molar-refractivity contribution in [2.24, 2.45) is 0 Å². The average Bonchev–Trinajstić information content (AvgIpc) is 2.87. The molecule has 4 rings (SSSR count). The molecule has 0 N–H and O–H groups in total. The van der Waals surface area contributed by atoms with Gasteiger partial charge in [0.1, 0.15) is 0 Å². The van der Waals surface area contributed by atoms with E-state index in [-0.39, 0.29) is 11.1 Å². The first-order valence-electron chi connectivity index (χ1n) is 12.7. The van der Waals surface area contributed by atoms with E-state index in [4.69, 9.17) is 4.43 Å². The molecule has 3 heteroatoms. The van der Waals surface area contributed by atoms with E-state index in [0.717, 1.165) is 25.9 Å². The van der Waals surface area contributed by atoms with Gasteiger partial charge < -0.3 is 4.43 Å². The molecule has 1 atom stereocenters. The topological polar surface area (TPSA) is 12.5 Å². The van der Waals surface area contributed by atoms with E-state index in [1.807, 2.05) is 0 Å². The monoisotopic (exact) mass is 469 g/mol. The highest BCUT2D eigenvalue weighted by atomic mass is 28.4. The largest absolute Gasteiger partial charge is 0.405 e. The zero-order valence-electron chi connectivity index (χ0n) is 21.2. The van der Waals surface area contributed by atoms with Crippen molar-refractivity contribution in [1.29, 1.82) is 0 Å². The molecule has 0 spiro atoms. The molecule has 178 valence electrons. The molecule has 0 aromatic heterocycles. The van der Waals surface area contributed by atoms with Crippen LogP contribution in [-0.2, 0) is 4.43 Å². The Hall–Kier alpha value is -2.46. The van der Waals surface area contributed by atoms with Crippen LogP contribution in [0.25, 0.3) is 0 Å². The second-order valence-electron chi connectivity index (χ2n) is 10.4. The van der Waals surface area contributed by atoms with Crippen molar-refractivity contribution in [3.63, 3.8) is 0 Å². The molecule has 1 heterocycles. The van der Waals surface area contributed by atoms with Crippen LogP contribution < -0.4 is 10.4 Å². The van der Waals surface area contributed by atoms with E-state index in [1.54, 1.807) is 0 Å². The average molecular weight is 470 g/mol. The van der Waals surface area contributed by atoms with Gasteiger partial charge in [-0.15, -0.1) is 0 Å². The third-order valence-corrected chi connectivity index (χ3v) is 12.2. The Morgan fingerprint density at radius 2 is 1.35 bits per heavy atom. The minimum Gasteiger partial charge on any atom is -0.405 e. The van der Waals surface area contributed by atoms with Crippen molar-refractivity contribution >= 4 is 18.7 Å². The summed E-state index contributed by atoms with van der Waals surface area (Å²) in [6.45, 7) is 12.1. The van der Waals surface area contributed by atoms with Crippen LogP contribution in [-0.4, -0.2) is 32.9 Å². The third-order valence-electron chi connectivity index (χ3n) is 7.21. The molecule has 0 fully saturated rings. The van der Waals surface area contributed by atoms with Gasteiger partial charge in [-0.2, -0.15) is 0 Å². The van der Waals surface area contributed by atoms with Gasteiger partial charge in [-0.1, -0.05) is 130 Å². The molecule has 34 heavy (non-hydrogen) atoms. The van der Waals surface area contributed by atoms with Crippen molar-refractivity contribution < 1.29 is 4.43 Å². The van der Waals surface area contributed by atoms with Gasteiger partial charge in [-0.3, -0.25) is 4.90 Å². The quantitative estimate of drug-likeness (QED) is 0.282. The van der Waals surface area contributed by atoms with Crippen molar-refractivity contribution in [2.75, 3.05) is 19.7 Å². The molecule has 0 unspecified atom stereocenters. The molecule has 2 nitrogen and oxygen atoms in total. The highest BCUT2D eigenvalue weighted by Crippen LogP contribution is 2.38. The molecule has 3 aromatic rings. The van der Waals surface area contributed by atoms with E-state index in [1.165, 1.54) is 21.5 Å². The van der Waals surface area contributed by atoms with E-state index in [9.17, 15) is 0 Å². The van der Waals surface area contributed by atoms with Gasteiger partial charge in [0.05, 0.1) is 12.6 Å². The highest BCUT2D eigenvalue weighted by Gasteiger charge is 2.50. The minimum atomic E-state index is -2.58. The van der Waals surface area contributed by atoms with E-state index >= 15 is 0 Å². The van der Waals surface area contributed by atoms with Gasteiger partial charge in [0, 0.05) is 13.1 Å². The molecular weight excluding hydrogens is 430 g/mol. The summed E-state index contributed by atoms with van der Waals surface area (Å²) >= 11 is 0. The third kappa shape index (κ3) is 5.12. The second-order valence-corrected chi connectivity index (χ2v) is 14.7. The summed E-state index contributed by atoms with van der Waals surface area (Å²) < 4.78 is 7.38. The molecule has 0 amide bonds. The van der Waals surface area contributed by atoms with Crippen LogP contribution in [0.3, 0.4) is 0 Å². The van der Waals surface area contributed by atoms with Gasteiger partial charge in [0.15, 0.2) is 0 Å². The summed E-state index contributed by atoms with van der Waals surface area (Å²) in [4.78, 5) is 2.63. The standard InChI is InChI=1S/C31H39NOSi/c1-5-26-16-15-23-32(24-26)30(27-17-9-6-10-18-27)25-33-34(31(2,3)4,28-19-11-7-12-20-28)29-21-13-8-14-22-29/h6-14,16-22,30H,5,15,23-25H2,1-4H3/t30-/m0/s1. The second kappa shape index (κ2) is 10.9. The highest BCUT2D eigenvalue weighted by molar-refractivity contribution is 6.99. The van der Waals surface area contributed by atoms with E-state index in [0.29, 0.717) is 6.61 Å². The van der Waals surface area contributed by atoms with Crippen LogP contribution >= 0.6 is 0 Å². The zero-order valence-corrected chi connectivity index (χ0v) is 22.2. The Balaban J connectivity index is 1.76. The smallest absolute Gasteiger partial charge is 0.261 e. The van der Waals surface area contributed by atoms with Crippen LogP contribution in [0.15, 0.2) is 103 Å². The molecule has 1 aliphatic heterocycles. The number of rotatable bonds is 8. The normalized spacial score (nSPS) is 16.2. The fourth-order valence-electron chi connectivity index (χ4n) is 5.41. The summed E-state index contributed by atoms with van der Waals surface area (Å²) in [5.41, 5.74) is 2.88. The van der Waals surface area contributed by atoms with Crippen LogP contribution in [0.4, 0.5) is 0 Å². The van der Waals surface area contributed by atoms with Crippen LogP contribution in [0.5, 0.6) is 0 Å². The molecule has 0 bridgehead atoms. The van der Waals surface area contributed by atoms with E-state index in [2.05, 4.69) is 130 Å². The van der Waals surface area contributed by atoms with Gasteiger partial charge >= 0.3 is 0 Å². The Morgan fingerprint density at radius 3 is 1.85 bits per heavy atom. The Morgan fingerprint density at radius 1 is 0.824 bits per heavy atom. The minimum absolute atomic E-state index is 0.0205. The molecule has 0 radical (unpaired) electrons. The first-order chi connectivity index (χ1) is 16.5. The van der Waals surface area contributed by atoms with E-state index < -0.39 is 8.32 Å². The predicted octanol–water partition coefficient (Wildman–Crippen LogP) is 6.35. The van der Waals surface area contributed by atoms with Crippen molar-refractivity contribution in [2.45, 2.75) is 51.6 Å². The summed E-state index contributed by atoms with van der Waals surface area (Å²) in [5, 5.41) is 2.66. The zero-order chi connectivity index (χ0) is 24.0. The summed E-state index contributed by atoms with van der Waals surface area (Å²) in [5.74, 6) is 0. The maximum absolute atomic E-state index is 7.38. The van der Waals surface area contributed by atoms with Gasteiger partial charge in [0.2, 0.25) is 0 Å². The molecule has 0 saturated heterocycles. The van der Waals surface area contributed by atoms with Crippen LogP contribution in [0.1, 0.15) is 52.1 Å². The number of hydrogen-bond donors (Lipinski definition) is 0. The Kier molecular flexibility index (Phi) is 7.87. The summed E-state index contributed by atoms with van der Waals surface area (Å²) in [6.07, 6.45) is 4.67. The maximum atomic E-state index is 7.38. The molecule has 0 aliphatic carbocycles. The first kappa shape index (κ1) is 24.7. The molecule has 1 aliphatic rings. The molecule has 0 saturated carbocycles. The fourth-order valence-corrected chi connectivity index (χ4v) is 9.98. The maximum Gasteiger partial charge on any atom is 0.261 e. The Labute approximate surface area is 207 Å². The molecular formula is C31H39NOSi. The lowest BCUT2D eigenvalue weighted by molar-refractivity contribution is 0.135. The van der Waals surface area contributed by atoms with Crippen LogP contribution in [0, 0.1) is 0 Å². The summed E-state index contributed by atoms with van der Waals surface area (Å²) in [6, 6.07) is 33.2. The fraction of sp³-hybridized carbons (Fsp3) is 0.355. The van der Waals surface area contributed by atoms with Crippen molar-refractivity contribution in [3.8, 4) is 0 Å². The SMILES string of the molecule is CCC1=CCCN([C@@H](CO[Si](c2ccccc2)(c2ccccc2)C(C)(C)C)c2ccccc2)C1. The van der Waals surface area contributed by atoms with Gasteiger partial charge in [0.25, 0.3) is 8.32 Å². The first-order valence-corrected chi connectivity index (χ1v) is 14.6. The van der Waals surface area contributed by atoms with Crippen LogP contribution in [0.2, 0.25) is 5.04 Å². The number of nitrogens with zero attached hydrogens (tertiary/aromatic N) is 1. The van der Waals surface area contributed by atoms with Gasteiger partial charge in [-0.25, -0.2) is 0 Å². The predicted molar refractivity (Wildman–Crippen MR) is 147 cm³/mol. The van der Waals surface area contributed by atoms with Crippen molar-refractivity contribution in [1.82, 2.24) is 4.90 Å². The molecule has 3 aromatic carbocycles. The number of benzene rings is 3. The van der Waals surface area contributed by atoms with Crippen molar-refractivity contribution in [3.05, 3.63) is 108 Å².